The minimum atomic E-state index is -1.42. The van der Waals surface area contributed by atoms with Crippen LogP contribution in [0.2, 0.25) is 0 Å². The lowest BCUT2D eigenvalue weighted by Crippen LogP contribution is -2.40. The number of rotatable bonds is 5. The molecule has 4 heterocycles. The van der Waals surface area contributed by atoms with Crippen LogP contribution in [0.15, 0.2) is 59.0 Å². The molecule has 3 fully saturated rings. The fourth-order valence-electron chi connectivity index (χ4n) is 5.55. The zero-order chi connectivity index (χ0) is 28.2. The Morgan fingerprint density at radius 3 is 2.32 bits per heavy atom. The maximum Gasteiger partial charge on any atom is 0.363 e. The Hall–Kier alpha value is -4.99. The van der Waals surface area contributed by atoms with Gasteiger partial charge in [0, 0.05) is 65.8 Å². The number of carbonyl (C=O) groups is 4. The third kappa shape index (κ3) is 4.23. The first-order chi connectivity index (χ1) is 19.9. The van der Waals surface area contributed by atoms with E-state index < -0.39 is 23.8 Å². The van der Waals surface area contributed by atoms with Gasteiger partial charge in [0.2, 0.25) is 5.36 Å². The Balaban J connectivity index is 1.43. The Morgan fingerprint density at radius 2 is 1.66 bits per heavy atom. The van der Waals surface area contributed by atoms with Crippen molar-refractivity contribution in [1.29, 1.82) is 0 Å². The molecule has 0 aromatic heterocycles. The number of hydrogen-bond acceptors (Lipinski definition) is 8. The molecule has 7 rings (SSSR count). The third-order valence-corrected chi connectivity index (χ3v) is 8.06. The summed E-state index contributed by atoms with van der Waals surface area (Å²) in [5.74, 6) is -3.00. The van der Waals surface area contributed by atoms with Gasteiger partial charge in [0.15, 0.2) is 0 Å². The predicted octanol–water partition coefficient (Wildman–Crippen LogP) is 2.17. The largest absolute Gasteiger partial charge is 0.545 e. The molecule has 0 radical (unpaired) electrons. The van der Waals surface area contributed by atoms with Gasteiger partial charge in [-0.05, 0) is 42.3 Å². The summed E-state index contributed by atoms with van der Waals surface area (Å²) in [5.41, 5.74) is 2.90. The van der Waals surface area contributed by atoms with E-state index in [1.54, 1.807) is 0 Å². The molecule has 0 N–H and O–H groups in total. The molecule has 2 aromatic carbocycles. The van der Waals surface area contributed by atoms with Crippen molar-refractivity contribution in [3.8, 4) is 22.5 Å². The van der Waals surface area contributed by atoms with Crippen LogP contribution in [0, 0.1) is 0 Å². The van der Waals surface area contributed by atoms with Crippen molar-refractivity contribution >= 4 is 40.4 Å². The van der Waals surface area contributed by atoms with Crippen molar-refractivity contribution in [1.82, 2.24) is 9.64 Å². The van der Waals surface area contributed by atoms with Crippen LogP contribution in [0.3, 0.4) is 0 Å². The number of imide groups is 1. The Morgan fingerprint density at radius 1 is 0.878 bits per heavy atom. The maximum atomic E-state index is 13.0. The monoisotopic (exact) mass is 551 g/mol. The van der Waals surface area contributed by atoms with Gasteiger partial charge < -0.3 is 24.1 Å². The zero-order valence-corrected chi connectivity index (χ0v) is 22.1. The second-order valence-electron chi connectivity index (χ2n) is 10.5. The molecule has 10 nitrogen and oxygen atoms in total. The van der Waals surface area contributed by atoms with Crippen molar-refractivity contribution in [2.45, 2.75) is 25.7 Å². The van der Waals surface area contributed by atoms with Crippen LogP contribution in [-0.4, -0.2) is 55.0 Å². The van der Waals surface area contributed by atoms with Crippen molar-refractivity contribution in [3.05, 3.63) is 71.1 Å². The highest BCUT2D eigenvalue weighted by molar-refractivity contribution is 6.09. The summed E-state index contributed by atoms with van der Waals surface area (Å²) in [6.07, 6.45) is 2.16. The fourth-order valence-corrected chi connectivity index (χ4v) is 5.55. The molecular formula is C31H25N3O7. The average molecular weight is 552 g/mol. The highest BCUT2D eigenvalue weighted by atomic mass is 16.7. The fraction of sp³-hybridized carbons (Fsp3) is 0.258. The van der Waals surface area contributed by atoms with Crippen molar-refractivity contribution in [2.24, 2.45) is 0 Å². The van der Waals surface area contributed by atoms with Crippen LogP contribution in [0.1, 0.15) is 46.4 Å². The molecule has 2 amide bonds. The summed E-state index contributed by atoms with van der Waals surface area (Å²) in [7, 11) is 0. The lowest BCUT2D eigenvalue weighted by atomic mass is 9.89. The molecule has 5 aliphatic rings. The Kier molecular flexibility index (Phi) is 5.84. The zero-order valence-electron chi connectivity index (χ0n) is 22.1. The van der Waals surface area contributed by atoms with E-state index in [-0.39, 0.29) is 29.5 Å². The van der Waals surface area contributed by atoms with E-state index in [0.717, 1.165) is 50.1 Å². The summed E-state index contributed by atoms with van der Waals surface area (Å²) in [5, 5.41) is 14.5. The quantitative estimate of drug-likeness (QED) is 0.210. The number of amides is 2. The number of carbonyl (C=O) groups excluding carboxylic acids is 4. The topological polar surface area (TPSA) is 123 Å². The maximum absolute atomic E-state index is 13.0. The number of hydroxylamine groups is 2. The van der Waals surface area contributed by atoms with E-state index in [2.05, 4.69) is 9.48 Å². The minimum absolute atomic E-state index is 0.0195. The first-order valence-electron chi connectivity index (χ1n) is 13.6. The van der Waals surface area contributed by atoms with Crippen LogP contribution < -0.4 is 19.9 Å². The molecule has 206 valence electrons. The summed E-state index contributed by atoms with van der Waals surface area (Å²) < 4.78 is 8.66. The normalized spacial score (nSPS) is 16.7. The lowest BCUT2D eigenvalue weighted by molar-refractivity contribution is -0.254. The Bertz CT molecular complexity index is 1810. The van der Waals surface area contributed by atoms with Crippen LogP contribution in [0.4, 0.5) is 5.69 Å². The van der Waals surface area contributed by atoms with E-state index in [1.807, 2.05) is 36.4 Å². The molecule has 10 heteroatoms. The molecule has 0 saturated carbocycles. The highest BCUT2D eigenvalue weighted by Crippen LogP contribution is 2.42. The van der Waals surface area contributed by atoms with Crippen LogP contribution in [-0.2, 0) is 14.4 Å². The molecule has 0 unspecified atom stereocenters. The van der Waals surface area contributed by atoms with Gasteiger partial charge in [0.1, 0.15) is 24.4 Å². The molecule has 4 aliphatic heterocycles. The van der Waals surface area contributed by atoms with E-state index in [1.165, 1.54) is 18.2 Å². The molecule has 3 saturated heterocycles. The number of carboxylic acids is 1. The van der Waals surface area contributed by atoms with Gasteiger partial charge >= 0.3 is 5.97 Å². The highest BCUT2D eigenvalue weighted by Gasteiger charge is 2.33. The second-order valence-corrected chi connectivity index (χ2v) is 10.5. The van der Waals surface area contributed by atoms with Crippen LogP contribution >= 0.6 is 0 Å². The summed E-state index contributed by atoms with van der Waals surface area (Å²) in [4.78, 5) is 56.7. The van der Waals surface area contributed by atoms with Gasteiger partial charge in [-0.15, -0.1) is 5.06 Å². The van der Waals surface area contributed by atoms with Gasteiger partial charge in [-0.2, -0.15) is 0 Å². The van der Waals surface area contributed by atoms with E-state index >= 15 is 0 Å². The Labute approximate surface area is 234 Å². The van der Waals surface area contributed by atoms with Gasteiger partial charge in [-0.1, -0.05) is 6.07 Å². The molecule has 0 spiro atoms. The summed E-state index contributed by atoms with van der Waals surface area (Å²) in [6, 6.07) is 15.6. The number of fused-ring (bicyclic) bond motifs is 2. The first kappa shape index (κ1) is 25.0. The van der Waals surface area contributed by atoms with Crippen LogP contribution in [0.5, 0.6) is 0 Å². The molecule has 1 aliphatic carbocycles. The van der Waals surface area contributed by atoms with Gasteiger partial charge in [0.25, 0.3) is 11.8 Å². The minimum Gasteiger partial charge on any atom is -0.545 e. The number of hydrogen-bond donors (Lipinski definition) is 0. The molecule has 0 atom stereocenters. The van der Waals surface area contributed by atoms with Crippen molar-refractivity contribution < 1.29 is 33.5 Å². The third-order valence-electron chi connectivity index (χ3n) is 8.06. The molecular weight excluding hydrogens is 526 g/mol. The van der Waals surface area contributed by atoms with Gasteiger partial charge in [-0.3, -0.25) is 9.59 Å². The number of nitrogens with zero attached hydrogens (tertiary/aromatic N) is 3. The summed E-state index contributed by atoms with van der Waals surface area (Å²) in [6.45, 7) is 3.80. The molecule has 2 aromatic rings. The average Bonchev–Trinajstić information content (AvgIpc) is 3.21. The van der Waals surface area contributed by atoms with Gasteiger partial charge in [-0.25, -0.2) is 9.37 Å². The van der Waals surface area contributed by atoms with Crippen molar-refractivity contribution in [3.63, 3.8) is 0 Å². The summed E-state index contributed by atoms with van der Waals surface area (Å²) >= 11 is 0. The molecule has 41 heavy (non-hydrogen) atoms. The SMILES string of the molecule is O=C(ON1C(=O)CCC1=O)c1ccc(C(=O)[O-])c(-c2c3ccc(=[N+]4CCC4)cc-3oc3cc(N4CCC4)ccc23)c1. The van der Waals surface area contributed by atoms with E-state index in [4.69, 9.17) is 9.25 Å². The first-order valence-corrected chi connectivity index (χ1v) is 13.6. The number of anilines is 1. The number of carboxylic acid groups (broad SMARTS) is 1. The number of aromatic carboxylic acids is 1. The molecule has 0 bridgehead atoms. The lowest BCUT2D eigenvalue weighted by Gasteiger charge is -2.33. The van der Waals surface area contributed by atoms with Gasteiger partial charge in [0.05, 0.1) is 24.0 Å². The second kappa shape index (κ2) is 9.58. The standard InChI is InChI=1S/C31H25N3O7/c35-27-9-10-28(36)34(27)41-31(39)18-3-6-21(30(37)38)24(15-18)29-22-7-4-19(32-11-1-12-32)16-25(22)40-26-17-20(5-8-23(26)29)33-13-2-14-33/h3-8,15-17H,1-2,9-14H2. The van der Waals surface area contributed by atoms with Crippen molar-refractivity contribution in [2.75, 3.05) is 31.1 Å². The smallest absolute Gasteiger partial charge is 0.363 e. The number of benzene rings is 3. The van der Waals surface area contributed by atoms with Crippen LogP contribution in [0.25, 0.3) is 33.4 Å². The van der Waals surface area contributed by atoms with E-state index in [0.29, 0.717) is 32.9 Å². The predicted molar refractivity (Wildman–Crippen MR) is 146 cm³/mol. The van der Waals surface area contributed by atoms with E-state index in [9.17, 15) is 24.3 Å².